The quantitative estimate of drug-likeness (QED) is 0.818. The molecular weight excluding hydrogens is 395 g/mol. The molecule has 6 nitrogen and oxygen atoms in total. The van der Waals surface area contributed by atoms with E-state index in [0.29, 0.717) is 19.7 Å². The van der Waals surface area contributed by atoms with Crippen LogP contribution in [0.15, 0.2) is 53.4 Å². The summed E-state index contributed by atoms with van der Waals surface area (Å²) < 4.78 is 45.7. The second-order valence-corrected chi connectivity index (χ2v) is 8.18. The number of carbonyl (C=O) groups is 1. The minimum absolute atomic E-state index is 0.203. The summed E-state index contributed by atoms with van der Waals surface area (Å²) in [5.41, 5.74) is 0.955. The Hall–Kier alpha value is -2.00. The fourth-order valence-electron chi connectivity index (χ4n) is 2.74. The third-order valence-electron chi connectivity index (χ3n) is 4.21. The van der Waals surface area contributed by atoms with Crippen LogP contribution >= 0.6 is 11.6 Å². The Morgan fingerprint density at radius 1 is 1.26 bits per heavy atom. The average molecular weight is 413 g/mol. The minimum atomic E-state index is -3.98. The molecule has 0 saturated carbocycles. The number of hydrogen-bond donors (Lipinski definition) is 1. The smallest absolute Gasteiger partial charge is 0.241 e. The highest BCUT2D eigenvalue weighted by atomic mass is 35.5. The number of benzene rings is 2. The van der Waals surface area contributed by atoms with Crippen LogP contribution in [0.5, 0.6) is 0 Å². The molecule has 0 bridgehead atoms. The molecule has 1 N–H and O–H groups in total. The monoisotopic (exact) mass is 412 g/mol. The molecule has 0 aromatic heterocycles. The lowest BCUT2D eigenvalue weighted by molar-refractivity contribution is -0.137. The Kier molecular flexibility index (Phi) is 6.11. The van der Waals surface area contributed by atoms with Crippen LogP contribution in [0.3, 0.4) is 0 Å². The first-order valence-electron chi connectivity index (χ1n) is 8.26. The summed E-state index contributed by atoms with van der Waals surface area (Å²) in [6, 6.07) is 12.6. The van der Waals surface area contributed by atoms with Gasteiger partial charge in [-0.05, 0) is 23.8 Å². The summed E-state index contributed by atoms with van der Waals surface area (Å²) in [5, 5.41) is -0.303. The van der Waals surface area contributed by atoms with E-state index in [1.54, 1.807) is 4.90 Å². The van der Waals surface area contributed by atoms with Gasteiger partial charge in [-0.25, -0.2) is 17.5 Å². The highest BCUT2D eigenvalue weighted by molar-refractivity contribution is 7.89. The Morgan fingerprint density at radius 3 is 2.70 bits per heavy atom. The Balaban J connectivity index is 1.62. The zero-order chi connectivity index (χ0) is 19.4. The first-order valence-corrected chi connectivity index (χ1v) is 10.1. The summed E-state index contributed by atoms with van der Waals surface area (Å²) in [7, 11) is -3.98. The molecular formula is C18H18ClFN2O4S. The first kappa shape index (κ1) is 19.8. The van der Waals surface area contributed by atoms with Crippen molar-refractivity contribution in [2.45, 2.75) is 11.0 Å². The lowest BCUT2D eigenvalue weighted by Crippen LogP contribution is -2.46. The highest BCUT2D eigenvalue weighted by Gasteiger charge is 2.26. The third kappa shape index (κ3) is 4.84. The van der Waals surface area contributed by atoms with Crippen LogP contribution in [0.1, 0.15) is 11.7 Å². The number of nitrogens with zero attached hydrogens (tertiary/aromatic N) is 1. The number of sulfonamides is 1. The van der Waals surface area contributed by atoms with Crippen molar-refractivity contribution in [3.8, 4) is 0 Å². The molecule has 9 heteroatoms. The van der Waals surface area contributed by atoms with Gasteiger partial charge in [-0.2, -0.15) is 0 Å². The van der Waals surface area contributed by atoms with E-state index in [-0.39, 0.29) is 21.9 Å². The second kappa shape index (κ2) is 8.35. The van der Waals surface area contributed by atoms with E-state index in [9.17, 15) is 17.6 Å². The van der Waals surface area contributed by atoms with Gasteiger partial charge in [0.05, 0.1) is 29.6 Å². The Bertz CT molecular complexity index is 924. The van der Waals surface area contributed by atoms with Crippen LogP contribution in [-0.2, 0) is 19.6 Å². The van der Waals surface area contributed by atoms with E-state index in [1.807, 2.05) is 30.3 Å². The van der Waals surface area contributed by atoms with Gasteiger partial charge in [0.2, 0.25) is 15.9 Å². The SMILES string of the molecule is O=C(CNS(=O)(=O)c1ccc(F)c(Cl)c1)N1CCO[C@@H](c2ccccc2)C1. The molecule has 27 heavy (non-hydrogen) atoms. The van der Waals surface area contributed by atoms with E-state index in [1.165, 1.54) is 0 Å². The van der Waals surface area contributed by atoms with Crippen LogP contribution in [0, 0.1) is 5.82 Å². The molecule has 1 heterocycles. The number of rotatable bonds is 5. The highest BCUT2D eigenvalue weighted by Crippen LogP contribution is 2.22. The zero-order valence-corrected chi connectivity index (χ0v) is 15.8. The molecule has 2 aromatic rings. The standard InChI is InChI=1S/C18H18ClFN2O4S/c19-15-10-14(6-7-16(15)20)27(24,25)21-11-18(23)22-8-9-26-17(12-22)13-4-2-1-3-5-13/h1-7,10,17,21H,8-9,11-12H2/t17-/m1/s1. The van der Waals surface area contributed by atoms with Crippen molar-refractivity contribution < 1.29 is 22.3 Å². The lowest BCUT2D eigenvalue weighted by Gasteiger charge is -2.33. The van der Waals surface area contributed by atoms with Gasteiger partial charge in [0.25, 0.3) is 0 Å². The summed E-state index contributed by atoms with van der Waals surface area (Å²) >= 11 is 5.62. The van der Waals surface area contributed by atoms with Crippen LogP contribution in [0.25, 0.3) is 0 Å². The van der Waals surface area contributed by atoms with Gasteiger partial charge in [0.1, 0.15) is 11.9 Å². The molecule has 1 amide bonds. The molecule has 0 unspecified atom stereocenters. The molecule has 1 fully saturated rings. The maximum atomic E-state index is 13.2. The number of ether oxygens (including phenoxy) is 1. The van der Waals surface area contributed by atoms with Crippen molar-refractivity contribution in [1.82, 2.24) is 9.62 Å². The number of carbonyl (C=O) groups excluding carboxylic acids is 1. The van der Waals surface area contributed by atoms with Gasteiger partial charge in [-0.15, -0.1) is 0 Å². The Labute approximate surface area is 161 Å². The van der Waals surface area contributed by atoms with Crippen molar-refractivity contribution >= 4 is 27.5 Å². The lowest BCUT2D eigenvalue weighted by atomic mass is 10.1. The van der Waals surface area contributed by atoms with Crippen LogP contribution in [0.2, 0.25) is 5.02 Å². The van der Waals surface area contributed by atoms with Gasteiger partial charge in [0.15, 0.2) is 0 Å². The predicted molar refractivity (Wildman–Crippen MR) is 98.3 cm³/mol. The molecule has 1 aliphatic heterocycles. The maximum absolute atomic E-state index is 13.2. The van der Waals surface area contributed by atoms with Gasteiger partial charge in [-0.3, -0.25) is 4.79 Å². The summed E-state index contributed by atoms with van der Waals surface area (Å²) in [5.74, 6) is -1.08. The molecule has 1 atom stereocenters. The third-order valence-corrected chi connectivity index (χ3v) is 5.89. The average Bonchev–Trinajstić information content (AvgIpc) is 2.69. The second-order valence-electron chi connectivity index (χ2n) is 6.01. The molecule has 144 valence electrons. The van der Waals surface area contributed by atoms with Gasteiger partial charge < -0.3 is 9.64 Å². The maximum Gasteiger partial charge on any atom is 0.241 e. The van der Waals surface area contributed by atoms with Crippen molar-refractivity contribution in [3.05, 3.63) is 64.9 Å². The molecule has 1 aliphatic rings. The molecule has 0 spiro atoms. The number of halogens is 2. The Morgan fingerprint density at radius 2 is 2.00 bits per heavy atom. The number of nitrogens with one attached hydrogen (secondary N) is 1. The van der Waals surface area contributed by atoms with Crippen molar-refractivity contribution in [2.24, 2.45) is 0 Å². The molecule has 2 aromatic carbocycles. The van der Waals surface area contributed by atoms with E-state index in [2.05, 4.69) is 4.72 Å². The number of morpholine rings is 1. The fraction of sp³-hybridized carbons (Fsp3) is 0.278. The van der Waals surface area contributed by atoms with E-state index < -0.39 is 22.4 Å². The normalized spacial score (nSPS) is 17.7. The predicted octanol–water partition coefficient (Wildman–Crippen LogP) is 2.36. The van der Waals surface area contributed by atoms with Gasteiger partial charge in [-0.1, -0.05) is 41.9 Å². The fourth-order valence-corrected chi connectivity index (χ4v) is 3.99. The van der Waals surface area contributed by atoms with Crippen LogP contribution in [0.4, 0.5) is 4.39 Å². The van der Waals surface area contributed by atoms with Gasteiger partial charge in [0, 0.05) is 6.54 Å². The molecule has 0 radical (unpaired) electrons. The van der Waals surface area contributed by atoms with Gasteiger partial charge >= 0.3 is 0 Å². The summed E-state index contributed by atoms with van der Waals surface area (Å²) in [6.45, 7) is 0.684. The van der Waals surface area contributed by atoms with E-state index in [0.717, 1.165) is 23.8 Å². The first-order chi connectivity index (χ1) is 12.9. The summed E-state index contributed by atoms with van der Waals surface area (Å²) in [4.78, 5) is 13.8. The molecule has 3 rings (SSSR count). The number of amides is 1. The van der Waals surface area contributed by atoms with Crippen molar-refractivity contribution in [1.29, 1.82) is 0 Å². The molecule has 1 saturated heterocycles. The number of hydrogen-bond acceptors (Lipinski definition) is 4. The largest absolute Gasteiger partial charge is 0.370 e. The van der Waals surface area contributed by atoms with E-state index in [4.69, 9.17) is 16.3 Å². The van der Waals surface area contributed by atoms with Crippen molar-refractivity contribution in [2.75, 3.05) is 26.2 Å². The molecule has 0 aliphatic carbocycles. The zero-order valence-electron chi connectivity index (χ0n) is 14.3. The minimum Gasteiger partial charge on any atom is -0.370 e. The topological polar surface area (TPSA) is 75.7 Å². The summed E-state index contributed by atoms with van der Waals surface area (Å²) in [6.07, 6.45) is -0.253. The van der Waals surface area contributed by atoms with E-state index >= 15 is 0 Å². The van der Waals surface area contributed by atoms with Crippen molar-refractivity contribution in [3.63, 3.8) is 0 Å². The van der Waals surface area contributed by atoms with Crippen LogP contribution < -0.4 is 4.72 Å². The van der Waals surface area contributed by atoms with Crippen LogP contribution in [-0.4, -0.2) is 45.5 Å².